The Balaban J connectivity index is 1.32. The van der Waals surface area contributed by atoms with Gasteiger partial charge < -0.3 is 26.0 Å². The zero-order valence-corrected chi connectivity index (χ0v) is 20.7. The minimum Gasteiger partial charge on any atom is -0.491 e. The Morgan fingerprint density at radius 3 is 2.76 bits per heavy atom. The quantitative estimate of drug-likeness (QED) is 0.511. The van der Waals surface area contributed by atoms with Crippen LogP contribution in [0.1, 0.15) is 35.2 Å². The Bertz CT molecular complexity index is 1310. The molecule has 2 aliphatic heterocycles. The van der Waals surface area contributed by atoms with Crippen LogP contribution in [0.2, 0.25) is 0 Å². The maximum Gasteiger partial charge on any atom is 0.251 e. The molecule has 3 atom stereocenters. The van der Waals surface area contributed by atoms with Gasteiger partial charge in [0.2, 0.25) is 11.8 Å². The van der Waals surface area contributed by atoms with Crippen LogP contribution in [0.15, 0.2) is 66.7 Å². The number of nitrogens with one attached hydrogen (secondary N) is 2. The van der Waals surface area contributed by atoms with Crippen LogP contribution in [-0.2, 0) is 16.0 Å². The van der Waals surface area contributed by atoms with E-state index in [1.54, 1.807) is 29.2 Å². The van der Waals surface area contributed by atoms with Crippen molar-refractivity contribution in [2.24, 2.45) is 5.73 Å². The van der Waals surface area contributed by atoms with Crippen molar-refractivity contribution in [2.45, 2.75) is 43.8 Å². The van der Waals surface area contributed by atoms with Crippen molar-refractivity contribution < 1.29 is 19.1 Å². The van der Waals surface area contributed by atoms with Gasteiger partial charge in [0.1, 0.15) is 18.4 Å². The van der Waals surface area contributed by atoms with Crippen molar-refractivity contribution >= 4 is 28.5 Å². The third kappa shape index (κ3) is 5.91. The number of carbonyl (C=O) groups is 3. The van der Waals surface area contributed by atoms with E-state index >= 15 is 0 Å². The molecule has 0 unspecified atom stereocenters. The predicted molar refractivity (Wildman–Crippen MR) is 141 cm³/mol. The molecule has 0 aliphatic carbocycles. The molecule has 3 amide bonds. The van der Waals surface area contributed by atoms with Crippen LogP contribution in [0, 0.1) is 0 Å². The van der Waals surface area contributed by atoms with E-state index < -0.39 is 6.04 Å². The van der Waals surface area contributed by atoms with E-state index in [9.17, 15) is 14.4 Å². The number of nitrogens with zero attached hydrogens (tertiary/aromatic N) is 1. The number of nitrogens with two attached hydrogens (primary N) is 1. The van der Waals surface area contributed by atoms with Gasteiger partial charge in [-0.1, -0.05) is 48.5 Å². The summed E-state index contributed by atoms with van der Waals surface area (Å²) in [6.07, 6.45) is 1.73. The second kappa shape index (κ2) is 11.0. The first-order valence-corrected chi connectivity index (χ1v) is 12.8. The molecule has 3 aromatic carbocycles. The van der Waals surface area contributed by atoms with Gasteiger partial charge in [0.15, 0.2) is 0 Å². The highest BCUT2D eigenvalue weighted by atomic mass is 16.5. The Labute approximate surface area is 216 Å². The smallest absolute Gasteiger partial charge is 0.251 e. The molecule has 5 rings (SSSR count). The lowest BCUT2D eigenvalue weighted by Crippen LogP contribution is -2.52. The van der Waals surface area contributed by atoms with Gasteiger partial charge in [0.05, 0.1) is 12.5 Å². The van der Waals surface area contributed by atoms with E-state index in [2.05, 4.69) is 10.6 Å². The average molecular weight is 501 g/mol. The summed E-state index contributed by atoms with van der Waals surface area (Å²) in [4.78, 5) is 41.0. The number of benzene rings is 3. The lowest BCUT2D eigenvalue weighted by Gasteiger charge is -2.29. The van der Waals surface area contributed by atoms with Crippen LogP contribution in [0.3, 0.4) is 0 Å². The first-order chi connectivity index (χ1) is 18.0. The molecule has 2 bridgehead atoms. The van der Waals surface area contributed by atoms with Crippen molar-refractivity contribution in [3.05, 3.63) is 77.9 Å². The lowest BCUT2D eigenvalue weighted by molar-refractivity contribution is -0.137. The topological polar surface area (TPSA) is 114 Å². The summed E-state index contributed by atoms with van der Waals surface area (Å²) in [5.74, 6) is -0.0105. The molecule has 0 spiro atoms. The van der Waals surface area contributed by atoms with E-state index in [0.717, 1.165) is 16.3 Å². The lowest BCUT2D eigenvalue weighted by atomic mass is 10.0. The van der Waals surface area contributed by atoms with Crippen LogP contribution < -0.4 is 21.1 Å². The first kappa shape index (κ1) is 24.8. The summed E-state index contributed by atoms with van der Waals surface area (Å²) >= 11 is 0. The Kier molecular flexibility index (Phi) is 7.37. The zero-order chi connectivity index (χ0) is 25.8. The Morgan fingerprint density at radius 1 is 1.05 bits per heavy atom. The van der Waals surface area contributed by atoms with Crippen molar-refractivity contribution in [3.63, 3.8) is 0 Å². The van der Waals surface area contributed by atoms with Crippen molar-refractivity contribution in [1.82, 2.24) is 15.5 Å². The molecule has 4 N–H and O–H groups in total. The molecule has 1 fully saturated rings. The second-order valence-corrected chi connectivity index (χ2v) is 9.86. The normalized spacial score (nSPS) is 22.5. The highest BCUT2D eigenvalue weighted by Gasteiger charge is 2.37. The number of amides is 3. The fraction of sp³-hybridized carbons (Fsp3) is 0.345. The van der Waals surface area contributed by atoms with Crippen LogP contribution in [-0.4, -0.2) is 60.4 Å². The van der Waals surface area contributed by atoms with E-state index in [0.29, 0.717) is 43.7 Å². The predicted octanol–water partition coefficient (Wildman–Crippen LogP) is 2.40. The number of hydrogen-bond acceptors (Lipinski definition) is 5. The molecule has 0 aromatic heterocycles. The number of ether oxygens (including phenoxy) is 1. The van der Waals surface area contributed by atoms with E-state index in [4.69, 9.17) is 10.5 Å². The molecular weight excluding hydrogens is 468 g/mol. The van der Waals surface area contributed by atoms with Crippen LogP contribution >= 0.6 is 0 Å². The number of hydrogen-bond donors (Lipinski definition) is 3. The summed E-state index contributed by atoms with van der Waals surface area (Å²) in [6.45, 7) is 1.07. The highest BCUT2D eigenvalue weighted by Crippen LogP contribution is 2.22. The third-order valence-electron chi connectivity index (χ3n) is 7.04. The molecule has 37 heavy (non-hydrogen) atoms. The minimum absolute atomic E-state index is 0.156. The molecular formula is C29H32N4O4. The summed E-state index contributed by atoms with van der Waals surface area (Å²) in [5, 5.41) is 8.03. The fourth-order valence-corrected chi connectivity index (χ4v) is 5.15. The van der Waals surface area contributed by atoms with Gasteiger partial charge in [0.25, 0.3) is 5.91 Å². The van der Waals surface area contributed by atoms with Gasteiger partial charge in [-0.15, -0.1) is 0 Å². The van der Waals surface area contributed by atoms with Gasteiger partial charge in [0, 0.05) is 24.7 Å². The van der Waals surface area contributed by atoms with E-state index in [1.165, 1.54) is 0 Å². The summed E-state index contributed by atoms with van der Waals surface area (Å²) in [5.41, 5.74) is 7.63. The van der Waals surface area contributed by atoms with Gasteiger partial charge in [-0.2, -0.15) is 0 Å². The molecule has 192 valence electrons. The van der Waals surface area contributed by atoms with Crippen LogP contribution in [0.25, 0.3) is 10.8 Å². The molecule has 1 saturated heterocycles. The number of rotatable bonds is 3. The Morgan fingerprint density at radius 2 is 1.89 bits per heavy atom. The third-order valence-corrected chi connectivity index (χ3v) is 7.04. The number of fused-ring (bicyclic) bond motifs is 4. The Hall–Kier alpha value is -3.91. The van der Waals surface area contributed by atoms with Crippen LogP contribution in [0.5, 0.6) is 5.75 Å². The molecule has 8 heteroatoms. The van der Waals surface area contributed by atoms with Crippen molar-refractivity contribution in [2.75, 3.05) is 19.7 Å². The summed E-state index contributed by atoms with van der Waals surface area (Å²) in [6, 6.07) is 19.9. The largest absolute Gasteiger partial charge is 0.491 e. The van der Waals surface area contributed by atoms with Gasteiger partial charge in [-0.3, -0.25) is 14.4 Å². The SMILES string of the molecule is N[C@H]1C[C@H]2COc3cccc(c3)C(=O)NCCC[C@H](NC(=O)Cc3ccc4ccccc4c3)C(=O)N2C1. The molecule has 0 radical (unpaired) electrons. The van der Waals surface area contributed by atoms with Crippen molar-refractivity contribution in [3.8, 4) is 5.75 Å². The summed E-state index contributed by atoms with van der Waals surface area (Å²) in [7, 11) is 0. The maximum absolute atomic E-state index is 13.7. The molecule has 2 aliphatic rings. The molecule has 2 heterocycles. The second-order valence-electron chi connectivity index (χ2n) is 9.86. The zero-order valence-electron chi connectivity index (χ0n) is 20.7. The van der Waals surface area contributed by atoms with Crippen LogP contribution in [0.4, 0.5) is 0 Å². The first-order valence-electron chi connectivity index (χ1n) is 12.8. The fourth-order valence-electron chi connectivity index (χ4n) is 5.15. The average Bonchev–Trinajstić information content (AvgIpc) is 3.28. The standard InChI is InChI=1S/C29H32N4O4/c30-23-16-24-18-37-25-8-3-7-22(15-25)28(35)31-12-4-9-26(29(36)33(24)17-23)32-27(34)14-19-10-11-20-5-1-2-6-21(20)13-19/h1-3,5-8,10-11,13,15,23-24,26H,4,9,12,14,16-18,30H2,(H,31,35)(H,32,34)/t23-,24-,26-/m0/s1. The maximum atomic E-state index is 13.7. The minimum atomic E-state index is -0.710. The molecule has 8 nitrogen and oxygen atoms in total. The monoisotopic (exact) mass is 500 g/mol. The summed E-state index contributed by atoms with van der Waals surface area (Å²) < 4.78 is 5.96. The van der Waals surface area contributed by atoms with E-state index in [1.807, 2.05) is 42.5 Å². The number of carbonyl (C=O) groups excluding carboxylic acids is 3. The highest BCUT2D eigenvalue weighted by molar-refractivity contribution is 5.94. The van der Waals surface area contributed by atoms with E-state index in [-0.39, 0.29) is 42.8 Å². The van der Waals surface area contributed by atoms with Gasteiger partial charge in [-0.05, 0) is 53.8 Å². The van der Waals surface area contributed by atoms with Gasteiger partial charge >= 0.3 is 0 Å². The molecule has 3 aromatic rings. The van der Waals surface area contributed by atoms with Crippen molar-refractivity contribution in [1.29, 1.82) is 0 Å². The molecule has 0 saturated carbocycles. The van der Waals surface area contributed by atoms with Gasteiger partial charge in [-0.25, -0.2) is 0 Å².